The van der Waals surface area contributed by atoms with Crippen LogP contribution in [-0.4, -0.2) is 12.1 Å². The predicted molar refractivity (Wildman–Crippen MR) is 45.0 cm³/mol. The average Bonchev–Trinajstić information content (AvgIpc) is 1.84. The van der Waals surface area contributed by atoms with E-state index in [4.69, 9.17) is 0 Å². The molecule has 0 spiro atoms. The summed E-state index contributed by atoms with van der Waals surface area (Å²) in [7, 11) is 0. The molecule has 1 aliphatic rings. The van der Waals surface area contributed by atoms with Crippen molar-refractivity contribution < 1.29 is 0 Å². The van der Waals surface area contributed by atoms with Gasteiger partial charge in [-0.2, -0.15) is 0 Å². The number of nitrogens with one attached hydrogen (secondary N) is 1. The zero-order valence-corrected chi connectivity index (χ0v) is 7.52. The molecule has 4 unspecified atom stereocenters. The summed E-state index contributed by atoms with van der Waals surface area (Å²) in [4.78, 5) is 0. The van der Waals surface area contributed by atoms with Gasteiger partial charge in [0.05, 0.1) is 0 Å². The molecule has 0 aromatic heterocycles. The van der Waals surface area contributed by atoms with Crippen LogP contribution in [0.1, 0.15) is 34.1 Å². The molecule has 0 radical (unpaired) electrons. The fourth-order valence-electron chi connectivity index (χ4n) is 1.74. The van der Waals surface area contributed by atoms with Crippen LogP contribution in [0.2, 0.25) is 0 Å². The standard InChI is InChI=1S/C9H19N/c1-6-5-7(2)9(4)10-8(6)3/h6-10H,5H2,1-4H3. The number of hydrogen-bond donors (Lipinski definition) is 1. The van der Waals surface area contributed by atoms with Gasteiger partial charge in [0.2, 0.25) is 0 Å². The Morgan fingerprint density at radius 3 is 1.60 bits per heavy atom. The van der Waals surface area contributed by atoms with Gasteiger partial charge in [-0.25, -0.2) is 0 Å². The van der Waals surface area contributed by atoms with E-state index in [0.717, 1.165) is 11.8 Å². The molecule has 0 amide bonds. The zero-order chi connectivity index (χ0) is 7.72. The topological polar surface area (TPSA) is 12.0 Å². The average molecular weight is 141 g/mol. The second kappa shape index (κ2) is 2.91. The van der Waals surface area contributed by atoms with Crippen LogP contribution in [0.15, 0.2) is 0 Å². The molecule has 0 saturated carbocycles. The highest BCUT2D eigenvalue weighted by Gasteiger charge is 2.26. The molecule has 10 heavy (non-hydrogen) atoms. The lowest BCUT2D eigenvalue weighted by molar-refractivity contribution is 0.204. The third kappa shape index (κ3) is 1.51. The molecule has 0 aromatic rings. The highest BCUT2D eigenvalue weighted by molar-refractivity contribution is 4.83. The van der Waals surface area contributed by atoms with Crippen molar-refractivity contribution in [3.63, 3.8) is 0 Å². The predicted octanol–water partition coefficient (Wildman–Crippen LogP) is 2.03. The van der Waals surface area contributed by atoms with Crippen molar-refractivity contribution in [2.45, 2.75) is 46.2 Å². The van der Waals surface area contributed by atoms with E-state index in [1.54, 1.807) is 0 Å². The highest BCUT2D eigenvalue weighted by atomic mass is 15.0. The van der Waals surface area contributed by atoms with E-state index in [0.29, 0.717) is 12.1 Å². The Hall–Kier alpha value is -0.0400. The van der Waals surface area contributed by atoms with Crippen LogP contribution in [-0.2, 0) is 0 Å². The molecule has 1 aliphatic heterocycles. The Balaban J connectivity index is 2.46. The smallest absolute Gasteiger partial charge is 0.00670 e. The van der Waals surface area contributed by atoms with E-state index in [2.05, 4.69) is 33.0 Å². The van der Waals surface area contributed by atoms with Crippen LogP contribution in [0.5, 0.6) is 0 Å². The van der Waals surface area contributed by atoms with E-state index in [9.17, 15) is 0 Å². The van der Waals surface area contributed by atoms with Crippen LogP contribution < -0.4 is 5.32 Å². The quantitative estimate of drug-likeness (QED) is 0.544. The van der Waals surface area contributed by atoms with Crippen LogP contribution in [0.4, 0.5) is 0 Å². The Morgan fingerprint density at radius 2 is 1.30 bits per heavy atom. The molecular formula is C9H19N. The van der Waals surface area contributed by atoms with Crippen LogP contribution >= 0.6 is 0 Å². The maximum Gasteiger partial charge on any atom is 0.00670 e. The molecule has 1 heterocycles. The Bertz CT molecular complexity index is 85.3. The first-order chi connectivity index (χ1) is 4.61. The molecule has 1 heteroatoms. The van der Waals surface area contributed by atoms with Crippen molar-refractivity contribution in [3.05, 3.63) is 0 Å². The van der Waals surface area contributed by atoms with Gasteiger partial charge in [-0.1, -0.05) is 13.8 Å². The Labute approximate surface area is 64.2 Å². The van der Waals surface area contributed by atoms with Gasteiger partial charge in [0.15, 0.2) is 0 Å². The highest BCUT2D eigenvalue weighted by Crippen LogP contribution is 2.23. The fourth-order valence-corrected chi connectivity index (χ4v) is 1.74. The SMILES string of the molecule is CC1CC(C)C(C)NC1C. The number of piperidine rings is 1. The summed E-state index contributed by atoms with van der Waals surface area (Å²) in [6.45, 7) is 9.24. The van der Waals surface area contributed by atoms with Crippen molar-refractivity contribution in [3.8, 4) is 0 Å². The summed E-state index contributed by atoms with van der Waals surface area (Å²) in [6, 6.07) is 1.43. The van der Waals surface area contributed by atoms with Crippen molar-refractivity contribution in [1.82, 2.24) is 5.32 Å². The van der Waals surface area contributed by atoms with E-state index in [-0.39, 0.29) is 0 Å². The van der Waals surface area contributed by atoms with E-state index >= 15 is 0 Å². The molecule has 1 saturated heterocycles. The van der Waals surface area contributed by atoms with Crippen LogP contribution in [0.25, 0.3) is 0 Å². The van der Waals surface area contributed by atoms with Gasteiger partial charge in [-0.15, -0.1) is 0 Å². The monoisotopic (exact) mass is 141 g/mol. The summed E-state index contributed by atoms with van der Waals surface area (Å²) >= 11 is 0. The van der Waals surface area contributed by atoms with Crippen molar-refractivity contribution in [1.29, 1.82) is 0 Å². The summed E-state index contributed by atoms with van der Waals surface area (Å²) in [5, 5.41) is 3.58. The lowest BCUT2D eigenvalue weighted by Gasteiger charge is -2.36. The first-order valence-electron chi connectivity index (χ1n) is 4.37. The first kappa shape index (κ1) is 8.06. The molecule has 1 nitrogen and oxygen atoms in total. The molecule has 1 N–H and O–H groups in total. The van der Waals surface area contributed by atoms with Gasteiger partial charge in [-0.05, 0) is 32.1 Å². The minimum atomic E-state index is 0.714. The van der Waals surface area contributed by atoms with Gasteiger partial charge >= 0.3 is 0 Å². The second-order valence-corrected chi connectivity index (χ2v) is 3.93. The van der Waals surface area contributed by atoms with Gasteiger partial charge in [0, 0.05) is 12.1 Å². The van der Waals surface area contributed by atoms with E-state index in [1.165, 1.54) is 6.42 Å². The minimum Gasteiger partial charge on any atom is -0.311 e. The first-order valence-corrected chi connectivity index (χ1v) is 4.37. The summed E-state index contributed by atoms with van der Waals surface area (Å²) in [5.41, 5.74) is 0. The number of hydrogen-bond acceptors (Lipinski definition) is 1. The van der Waals surface area contributed by atoms with Gasteiger partial charge in [0.25, 0.3) is 0 Å². The molecule has 1 fully saturated rings. The van der Waals surface area contributed by atoms with E-state index < -0.39 is 0 Å². The number of rotatable bonds is 0. The van der Waals surface area contributed by atoms with Crippen molar-refractivity contribution in [2.24, 2.45) is 11.8 Å². The van der Waals surface area contributed by atoms with Gasteiger partial charge in [0.1, 0.15) is 0 Å². The molecule has 4 atom stereocenters. The van der Waals surface area contributed by atoms with Crippen molar-refractivity contribution in [2.75, 3.05) is 0 Å². The molecule has 0 bridgehead atoms. The maximum atomic E-state index is 3.58. The molecule has 1 rings (SSSR count). The van der Waals surface area contributed by atoms with Crippen LogP contribution in [0, 0.1) is 11.8 Å². The normalized spacial score (nSPS) is 49.2. The Morgan fingerprint density at radius 1 is 0.900 bits per heavy atom. The fraction of sp³-hybridized carbons (Fsp3) is 1.00. The van der Waals surface area contributed by atoms with Crippen LogP contribution in [0.3, 0.4) is 0 Å². The van der Waals surface area contributed by atoms with Gasteiger partial charge < -0.3 is 5.32 Å². The minimum absolute atomic E-state index is 0.714. The summed E-state index contributed by atoms with van der Waals surface area (Å²) in [5.74, 6) is 1.71. The third-order valence-corrected chi connectivity index (χ3v) is 2.98. The second-order valence-electron chi connectivity index (χ2n) is 3.93. The molecule has 0 aliphatic carbocycles. The molecular weight excluding hydrogens is 122 g/mol. The molecule has 0 aromatic carbocycles. The summed E-state index contributed by atoms with van der Waals surface area (Å²) < 4.78 is 0. The summed E-state index contributed by atoms with van der Waals surface area (Å²) in [6.07, 6.45) is 1.38. The lowest BCUT2D eigenvalue weighted by atomic mass is 9.83. The molecule has 60 valence electrons. The Kier molecular flexibility index (Phi) is 2.35. The maximum absolute atomic E-state index is 3.58. The van der Waals surface area contributed by atoms with E-state index in [1.807, 2.05) is 0 Å². The van der Waals surface area contributed by atoms with Gasteiger partial charge in [-0.3, -0.25) is 0 Å². The van der Waals surface area contributed by atoms with Crippen molar-refractivity contribution >= 4 is 0 Å². The third-order valence-electron chi connectivity index (χ3n) is 2.98. The zero-order valence-electron chi connectivity index (χ0n) is 7.52. The largest absolute Gasteiger partial charge is 0.311 e. The lowest BCUT2D eigenvalue weighted by Crippen LogP contribution is -2.47.